The zero-order valence-electron chi connectivity index (χ0n) is 9.50. The Morgan fingerprint density at radius 1 is 1.28 bits per heavy atom. The summed E-state index contributed by atoms with van der Waals surface area (Å²) >= 11 is 3.25. The second-order valence-corrected chi connectivity index (χ2v) is 4.94. The predicted molar refractivity (Wildman–Crippen MR) is 69.5 cm³/mol. The summed E-state index contributed by atoms with van der Waals surface area (Å²) in [4.78, 5) is 24.8. The van der Waals surface area contributed by atoms with Crippen LogP contribution in [0.15, 0.2) is 22.7 Å². The van der Waals surface area contributed by atoms with Gasteiger partial charge < -0.3 is 10.2 Å². The summed E-state index contributed by atoms with van der Waals surface area (Å²) < 4.78 is 0.701. The quantitative estimate of drug-likeness (QED) is 0.771. The molecule has 2 N–H and O–H groups in total. The van der Waals surface area contributed by atoms with Gasteiger partial charge in [-0.25, -0.2) is 9.59 Å². The number of rotatable bonds is 0. The third-order valence-electron chi connectivity index (χ3n) is 2.81. The van der Waals surface area contributed by atoms with Gasteiger partial charge in [0.15, 0.2) is 0 Å². The van der Waals surface area contributed by atoms with Crippen LogP contribution in [0.3, 0.4) is 0 Å². The number of halogens is 1. The molecule has 0 saturated heterocycles. The number of hydrogen-bond acceptors (Lipinski definition) is 2. The van der Waals surface area contributed by atoms with Crippen LogP contribution in [0.2, 0.25) is 0 Å². The fraction of sp³-hybridized carbons (Fsp3) is 0.273. The summed E-state index contributed by atoms with van der Waals surface area (Å²) in [6.07, 6.45) is -2.18. The largest absolute Gasteiger partial charge is 0.465 e. The maximum atomic E-state index is 11.2. The van der Waals surface area contributed by atoms with Gasteiger partial charge in [-0.15, -0.1) is 0 Å². The zero-order valence-corrected chi connectivity index (χ0v) is 11.1. The van der Waals surface area contributed by atoms with Gasteiger partial charge in [0.25, 0.3) is 0 Å². The van der Waals surface area contributed by atoms with Crippen molar-refractivity contribution in [3.05, 3.63) is 22.7 Å². The molecule has 1 aliphatic rings. The molecule has 1 atom stereocenters. The van der Waals surface area contributed by atoms with Gasteiger partial charge in [0.1, 0.15) is 0 Å². The SMILES string of the molecule is C[C@H]1CN(C(=O)O)c2cc(Br)ccc2N1C(=O)O. The Kier molecular flexibility index (Phi) is 3.16. The highest BCUT2D eigenvalue weighted by Crippen LogP contribution is 2.37. The molecule has 0 aliphatic carbocycles. The van der Waals surface area contributed by atoms with E-state index in [2.05, 4.69) is 15.9 Å². The minimum atomic E-state index is -1.09. The molecular weight excluding hydrogens is 304 g/mol. The van der Waals surface area contributed by atoms with Crippen LogP contribution in [0, 0.1) is 0 Å². The number of benzene rings is 1. The van der Waals surface area contributed by atoms with E-state index < -0.39 is 18.2 Å². The van der Waals surface area contributed by atoms with Crippen LogP contribution in [-0.4, -0.2) is 35.0 Å². The fourth-order valence-electron chi connectivity index (χ4n) is 2.07. The van der Waals surface area contributed by atoms with Crippen LogP contribution in [0.1, 0.15) is 6.92 Å². The molecule has 0 bridgehead atoms. The molecule has 0 saturated carbocycles. The molecule has 1 aromatic carbocycles. The van der Waals surface area contributed by atoms with Crippen molar-refractivity contribution in [2.45, 2.75) is 13.0 Å². The molecule has 0 radical (unpaired) electrons. The first kappa shape index (κ1) is 12.7. The number of amides is 2. The molecule has 96 valence electrons. The molecular formula is C11H11BrN2O4. The Morgan fingerprint density at radius 3 is 2.50 bits per heavy atom. The Morgan fingerprint density at radius 2 is 1.94 bits per heavy atom. The number of anilines is 2. The number of nitrogens with zero attached hydrogens (tertiary/aromatic N) is 2. The molecule has 1 aliphatic heterocycles. The lowest BCUT2D eigenvalue weighted by Crippen LogP contribution is -2.51. The zero-order chi connectivity index (χ0) is 13.4. The van der Waals surface area contributed by atoms with E-state index in [0.717, 1.165) is 4.90 Å². The lowest BCUT2D eigenvalue weighted by molar-refractivity contribution is 0.194. The summed E-state index contributed by atoms with van der Waals surface area (Å²) in [6.45, 7) is 1.79. The first-order valence-corrected chi connectivity index (χ1v) is 6.03. The van der Waals surface area contributed by atoms with E-state index in [0.29, 0.717) is 15.8 Å². The number of hydrogen-bond donors (Lipinski definition) is 2. The molecule has 2 amide bonds. The van der Waals surface area contributed by atoms with Crippen molar-refractivity contribution in [1.82, 2.24) is 0 Å². The van der Waals surface area contributed by atoms with Gasteiger partial charge in [-0.2, -0.15) is 0 Å². The summed E-state index contributed by atoms with van der Waals surface area (Å²) in [5, 5.41) is 18.4. The van der Waals surface area contributed by atoms with Crippen molar-refractivity contribution >= 4 is 39.5 Å². The van der Waals surface area contributed by atoms with Crippen molar-refractivity contribution in [1.29, 1.82) is 0 Å². The Hall–Kier alpha value is -1.76. The van der Waals surface area contributed by atoms with Gasteiger partial charge in [-0.3, -0.25) is 9.80 Å². The highest BCUT2D eigenvalue weighted by Gasteiger charge is 2.34. The van der Waals surface area contributed by atoms with E-state index in [-0.39, 0.29) is 6.54 Å². The van der Waals surface area contributed by atoms with Crippen LogP contribution in [0.25, 0.3) is 0 Å². The molecule has 0 unspecified atom stereocenters. The lowest BCUT2D eigenvalue weighted by atomic mass is 10.1. The first-order chi connectivity index (χ1) is 8.41. The number of fused-ring (bicyclic) bond motifs is 1. The summed E-state index contributed by atoms with van der Waals surface area (Å²) in [6, 6.07) is 4.46. The molecule has 18 heavy (non-hydrogen) atoms. The molecule has 7 heteroatoms. The molecule has 0 fully saturated rings. The monoisotopic (exact) mass is 314 g/mol. The first-order valence-electron chi connectivity index (χ1n) is 5.24. The normalized spacial score (nSPS) is 18.4. The molecule has 1 aromatic rings. The van der Waals surface area contributed by atoms with E-state index in [1.807, 2.05) is 0 Å². The second-order valence-electron chi connectivity index (χ2n) is 4.03. The van der Waals surface area contributed by atoms with Gasteiger partial charge in [-0.1, -0.05) is 15.9 Å². The van der Waals surface area contributed by atoms with Crippen molar-refractivity contribution in [2.24, 2.45) is 0 Å². The van der Waals surface area contributed by atoms with Crippen LogP contribution in [0.5, 0.6) is 0 Å². The van der Waals surface area contributed by atoms with Crippen LogP contribution in [-0.2, 0) is 0 Å². The van der Waals surface area contributed by atoms with Crippen molar-refractivity contribution in [3.8, 4) is 0 Å². The van der Waals surface area contributed by atoms with Gasteiger partial charge in [-0.05, 0) is 25.1 Å². The van der Waals surface area contributed by atoms with Crippen molar-refractivity contribution < 1.29 is 19.8 Å². The topological polar surface area (TPSA) is 81.1 Å². The fourth-order valence-corrected chi connectivity index (χ4v) is 2.42. The predicted octanol–water partition coefficient (Wildman–Crippen LogP) is 2.82. The minimum Gasteiger partial charge on any atom is -0.465 e. The number of carbonyl (C=O) groups is 2. The smallest absolute Gasteiger partial charge is 0.412 e. The van der Waals surface area contributed by atoms with Crippen LogP contribution < -0.4 is 9.80 Å². The summed E-state index contributed by atoms with van der Waals surface area (Å²) in [5.74, 6) is 0. The lowest BCUT2D eigenvalue weighted by Gasteiger charge is -2.38. The summed E-state index contributed by atoms with van der Waals surface area (Å²) in [7, 11) is 0. The maximum Gasteiger partial charge on any atom is 0.412 e. The highest BCUT2D eigenvalue weighted by atomic mass is 79.9. The maximum absolute atomic E-state index is 11.2. The third kappa shape index (κ3) is 2.01. The molecule has 1 heterocycles. The molecule has 6 nitrogen and oxygen atoms in total. The van der Waals surface area contributed by atoms with Gasteiger partial charge in [0.05, 0.1) is 24.0 Å². The van der Waals surface area contributed by atoms with Crippen molar-refractivity contribution in [2.75, 3.05) is 16.3 Å². The van der Waals surface area contributed by atoms with Crippen molar-refractivity contribution in [3.63, 3.8) is 0 Å². The van der Waals surface area contributed by atoms with E-state index in [9.17, 15) is 14.7 Å². The Bertz CT molecular complexity index is 520. The van der Waals surface area contributed by atoms with Gasteiger partial charge in [0, 0.05) is 4.47 Å². The molecule has 0 aromatic heterocycles. The van der Waals surface area contributed by atoms with Gasteiger partial charge >= 0.3 is 12.2 Å². The average Bonchev–Trinajstić information content (AvgIpc) is 2.27. The Balaban J connectivity index is 2.59. The van der Waals surface area contributed by atoms with E-state index in [4.69, 9.17) is 5.11 Å². The molecule has 0 spiro atoms. The van der Waals surface area contributed by atoms with Crippen LogP contribution in [0.4, 0.5) is 21.0 Å². The Labute approximate surface area is 112 Å². The third-order valence-corrected chi connectivity index (χ3v) is 3.31. The highest BCUT2D eigenvalue weighted by molar-refractivity contribution is 9.10. The second kappa shape index (κ2) is 4.49. The molecule has 2 rings (SSSR count). The standard InChI is InChI=1S/C11H11BrN2O4/c1-6-5-13(10(15)16)9-4-7(12)2-3-8(9)14(6)11(17)18/h2-4,6H,5H2,1H3,(H,15,16)(H,17,18)/t6-/m0/s1. The van der Waals surface area contributed by atoms with E-state index >= 15 is 0 Å². The summed E-state index contributed by atoms with van der Waals surface area (Å²) in [5.41, 5.74) is 0.754. The average molecular weight is 315 g/mol. The minimum absolute atomic E-state index is 0.116. The van der Waals surface area contributed by atoms with Gasteiger partial charge in [0.2, 0.25) is 0 Å². The van der Waals surface area contributed by atoms with E-state index in [1.165, 1.54) is 4.90 Å². The number of carboxylic acid groups (broad SMARTS) is 2. The van der Waals surface area contributed by atoms with E-state index in [1.54, 1.807) is 25.1 Å². The van der Waals surface area contributed by atoms with Crippen LogP contribution >= 0.6 is 15.9 Å².